The highest BCUT2D eigenvalue weighted by atomic mass is 16.5. The first kappa shape index (κ1) is 21.5. The lowest BCUT2D eigenvalue weighted by molar-refractivity contribution is 0.304. The van der Waals surface area contributed by atoms with Crippen LogP contribution in [0.2, 0.25) is 0 Å². The normalized spacial score (nSPS) is 12.2. The molecule has 3 heteroatoms. The third kappa shape index (κ3) is 8.64. The molecule has 0 fully saturated rings. The summed E-state index contributed by atoms with van der Waals surface area (Å²) >= 11 is 0. The van der Waals surface area contributed by atoms with Crippen molar-refractivity contribution in [1.82, 2.24) is 9.97 Å². The van der Waals surface area contributed by atoms with E-state index in [1.54, 1.807) is 0 Å². The fraction of sp³-hybridized carbons (Fsp3) is 0.625. The third-order valence-electron chi connectivity index (χ3n) is 5.38. The van der Waals surface area contributed by atoms with Gasteiger partial charge in [0.1, 0.15) is 11.6 Å². The van der Waals surface area contributed by atoms with Gasteiger partial charge in [0, 0.05) is 18.8 Å². The Balaban J connectivity index is 1.63. The summed E-state index contributed by atoms with van der Waals surface area (Å²) in [5.41, 5.74) is 1.46. The Morgan fingerprint density at radius 2 is 1.70 bits per heavy atom. The van der Waals surface area contributed by atoms with Crippen LogP contribution in [0.15, 0.2) is 36.7 Å². The number of H-pyrrole nitrogens is 1. The zero-order valence-electron chi connectivity index (χ0n) is 17.4. The summed E-state index contributed by atoms with van der Waals surface area (Å²) in [7, 11) is 0. The van der Waals surface area contributed by atoms with E-state index in [0.717, 1.165) is 31.0 Å². The molecule has 0 aliphatic heterocycles. The lowest BCUT2D eigenvalue weighted by Crippen LogP contribution is -2.00. The number of aromatic amines is 1. The summed E-state index contributed by atoms with van der Waals surface area (Å²) in [5.74, 6) is 2.79. The number of nitrogens with zero attached hydrogens (tertiary/aromatic N) is 1. The molecule has 150 valence electrons. The Bertz CT molecular complexity index is 577. The second-order valence-electron chi connectivity index (χ2n) is 7.57. The number of unbranched alkanes of at least 4 members (excludes halogenated alkanes) is 6. The van der Waals surface area contributed by atoms with Crippen LogP contribution in [-0.2, 0) is 6.42 Å². The highest BCUT2D eigenvalue weighted by Crippen LogP contribution is 2.27. The molecule has 0 amide bonds. The van der Waals surface area contributed by atoms with Gasteiger partial charge in [-0.1, -0.05) is 64.5 Å². The molecule has 1 unspecified atom stereocenters. The molecule has 0 bridgehead atoms. The van der Waals surface area contributed by atoms with Gasteiger partial charge in [0.2, 0.25) is 0 Å². The highest BCUT2D eigenvalue weighted by molar-refractivity contribution is 5.29. The molecule has 0 saturated carbocycles. The van der Waals surface area contributed by atoms with E-state index in [9.17, 15) is 0 Å². The molecule has 27 heavy (non-hydrogen) atoms. The maximum Gasteiger partial charge on any atom is 0.119 e. The number of benzene rings is 1. The summed E-state index contributed by atoms with van der Waals surface area (Å²) in [6.07, 6.45) is 17.5. The van der Waals surface area contributed by atoms with Crippen molar-refractivity contribution in [2.45, 2.75) is 90.4 Å². The minimum Gasteiger partial charge on any atom is -0.494 e. The second kappa shape index (κ2) is 13.4. The molecule has 2 aromatic rings. The monoisotopic (exact) mass is 370 g/mol. The van der Waals surface area contributed by atoms with E-state index in [1.807, 2.05) is 12.4 Å². The van der Waals surface area contributed by atoms with Crippen LogP contribution in [-0.4, -0.2) is 16.6 Å². The molecule has 0 radical (unpaired) electrons. The van der Waals surface area contributed by atoms with Gasteiger partial charge in [-0.15, -0.1) is 0 Å². The van der Waals surface area contributed by atoms with Gasteiger partial charge in [0.15, 0.2) is 0 Å². The van der Waals surface area contributed by atoms with Gasteiger partial charge in [0.25, 0.3) is 0 Å². The SMILES string of the molecule is CCCCCCCOc1ccc(C(CC)CCCCCc2ncc[nH]2)cc1. The Hall–Kier alpha value is -1.77. The van der Waals surface area contributed by atoms with Crippen LogP contribution in [0.5, 0.6) is 5.75 Å². The van der Waals surface area contributed by atoms with Crippen molar-refractivity contribution in [1.29, 1.82) is 0 Å². The van der Waals surface area contributed by atoms with Crippen LogP contribution >= 0.6 is 0 Å². The molecule has 1 N–H and O–H groups in total. The first-order valence-electron chi connectivity index (χ1n) is 11.0. The molecular weight excluding hydrogens is 332 g/mol. The van der Waals surface area contributed by atoms with Crippen LogP contribution in [0, 0.1) is 0 Å². The van der Waals surface area contributed by atoms with Crippen molar-refractivity contribution in [2.24, 2.45) is 0 Å². The van der Waals surface area contributed by atoms with Gasteiger partial charge >= 0.3 is 0 Å². The third-order valence-corrected chi connectivity index (χ3v) is 5.38. The average Bonchev–Trinajstić information content (AvgIpc) is 3.22. The number of imidazole rings is 1. The molecule has 3 nitrogen and oxygen atoms in total. The number of aryl methyl sites for hydroxylation is 1. The summed E-state index contributed by atoms with van der Waals surface area (Å²) in [4.78, 5) is 7.48. The lowest BCUT2D eigenvalue weighted by Gasteiger charge is -2.16. The van der Waals surface area contributed by atoms with Crippen molar-refractivity contribution in [3.05, 3.63) is 48.0 Å². The van der Waals surface area contributed by atoms with E-state index in [1.165, 1.54) is 63.4 Å². The van der Waals surface area contributed by atoms with Crippen molar-refractivity contribution in [3.8, 4) is 5.75 Å². The Kier molecular flexibility index (Phi) is 10.7. The zero-order chi connectivity index (χ0) is 19.2. The molecule has 0 spiro atoms. The van der Waals surface area contributed by atoms with Crippen molar-refractivity contribution in [3.63, 3.8) is 0 Å². The molecule has 0 aliphatic carbocycles. The van der Waals surface area contributed by atoms with Crippen LogP contribution in [0.25, 0.3) is 0 Å². The van der Waals surface area contributed by atoms with Gasteiger partial charge in [-0.2, -0.15) is 0 Å². The second-order valence-corrected chi connectivity index (χ2v) is 7.57. The van der Waals surface area contributed by atoms with Gasteiger partial charge < -0.3 is 9.72 Å². The summed E-state index contributed by atoms with van der Waals surface area (Å²) in [5, 5.41) is 0. The summed E-state index contributed by atoms with van der Waals surface area (Å²) < 4.78 is 5.89. The minimum atomic E-state index is 0.664. The molecule has 2 rings (SSSR count). The van der Waals surface area contributed by atoms with Crippen LogP contribution in [0.3, 0.4) is 0 Å². The molecule has 1 aromatic carbocycles. The predicted octanol–water partition coefficient (Wildman–Crippen LogP) is 7.06. The molecule has 1 aromatic heterocycles. The number of rotatable bonds is 15. The quantitative estimate of drug-likeness (QED) is 0.341. The van der Waals surface area contributed by atoms with Crippen molar-refractivity contribution >= 4 is 0 Å². The number of hydrogen-bond acceptors (Lipinski definition) is 2. The van der Waals surface area contributed by atoms with E-state index in [-0.39, 0.29) is 0 Å². The first-order chi connectivity index (χ1) is 13.3. The van der Waals surface area contributed by atoms with Gasteiger partial charge in [0.05, 0.1) is 6.61 Å². The first-order valence-corrected chi connectivity index (χ1v) is 11.0. The van der Waals surface area contributed by atoms with E-state index >= 15 is 0 Å². The Morgan fingerprint density at radius 1 is 0.926 bits per heavy atom. The summed E-state index contributed by atoms with van der Waals surface area (Å²) in [6.45, 7) is 5.40. The summed E-state index contributed by atoms with van der Waals surface area (Å²) in [6, 6.07) is 8.84. The Morgan fingerprint density at radius 3 is 2.41 bits per heavy atom. The maximum absolute atomic E-state index is 5.89. The standard InChI is InChI=1S/C24H38N2O/c1-3-5-6-7-11-20-27-23-16-14-22(15-17-23)21(4-2)12-9-8-10-13-24-25-18-19-26-24/h14-19,21H,3-13,20H2,1-2H3,(H,25,26). The minimum absolute atomic E-state index is 0.664. The molecule has 0 aliphatic rings. The molecule has 0 saturated heterocycles. The zero-order valence-corrected chi connectivity index (χ0v) is 17.4. The smallest absolute Gasteiger partial charge is 0.119 e. The fourth-order valence-corrected chi connectivity index (χ4v) is 3.63. The number of ether oxygens (including phenoxy) is 1. The number of nitrogens with one attached hydrogen (secondary N) is 1. The maximum atomic E-state index is 5.89. The predicted molar refractivity (Wildman–Crippen MR) is 114 cm³/mol. The molecule has 1 atom stereocenters. The number of aromatic nitrogens is 2. The fourth-order valence-electron chi connectivity index (χ4n) is 3.63. The van der Waals surface area contributed by atoms with Gasteiger partial charge in [-0.3, -0.25) is 0 Å². The van der Waals surface area contributed by atoms with Crippen LogP contribution in [0.1, 0.15) is 95.4 Å². The van der Waals surface area contributed by atoms with Crippen molar-refractivity contribution < 1.29 is 4.74 Å². The number of hydrogen-bond donors (Lipinski definition) is 1. The topological polar surface area (TPSA) is 37.9 Å². The van der Waals surface area contributed by atoms with Crippen LogP contribution < -0.4 is 4.74 Å². The molecule has 1 heterocycles. The van der Waals surface area contributed by atoms with E-state index < -0.39 is 0 Å². The van der Waals surface area contributed by atoms with Gasteiger partial charge in [-0.25, -0.2) is 4.98 Å². The van der Waals surface area contributed by atoms with E-state index in [4.69, 9.17) is 4.74 Å². The van der Waals surface area contributed by atoms with Crippen molar-refractivity contribution in [2.75, 3.05) is 6.61 Å². The van der Waals surface area contributed by atoms with Gasteiger partial charge in [-0.05, 0) is 49.3 Å². The van der Waals surface area contributed by atoms with Crippen LogP contribution in [0.4, 0.5) is 0 Å². The lowest BCUT2D eigenvalue weighted by atomic mass is 9.91. The Labute approximate surface area is 166 Å². The van der Waals surface area contributed by atoms with E-state index in [2.05, 4.69) is 48.1 Å². The highest BCUT2D eigenvalue weighted by Gasteiger charge is 2.09. The molecular formula is C24H38N2O. The average molecular weight is 371 g/mol. The van der Waals surface area contributed by atoms with E-state index in [0.29, 0.717) is 5.92 Å². The largest absolute Gasteiger partial charge is 0.494 e.